The smallest absolute Gasteiger partial charge is 0.338 e. The molecule has 136 valence electrons. The predicted molar refractivity (Wildman–Crippen MR) is 98.9 cm³/mol. The molecule has 6 heteroatoms. The maximum absolute atomic E-state index is 12.0. The Kier molecular flexibility index (Phi) is 6.49. The van der Waals surface area contributed by atoms with E-state index in [0.29, 0.717) is 11.3 Å². The van der Waals surface area contributed by atoms with E-state index in [1.165, 1.54) is 11.9 Å². The highest BCUT2D eigenvalue weighted by molar-refractivity contribution is 5.95. The molecule has 0 fully saturated rings. The van der Waals surface area contributed by atoms with Crippen LogP contribution in [0.5, 0.6) is 0 Å². The lowest BCUT2D eigenvalue weighted by molar-refractivity contribution is -0.136. The second kappa shape index (κ2) is 8.80. The molecule has 0 saturated heterocycles. The maximum atomic E-state index is 12.0. The summed E-state index contributed by atoms with van der Waals surface area (Å²) in [5.74, 6) is -1.35. The molecule has 26 heavy (non-hydrogen) atoms. The van der Waals surface area contributed by atoms with Gasteiger partial charge in [-0.1, -0.05) is 35.4 Å². The number of carbonyl (C=O) groups excluding carboxylic acids is 3. The van der Waals surface area contributed by atoms with E-state index in [4.69, 9.17) is 4.74 Å². The van der Waals surface area contributed by atoms with Crippen molar-refractivity contribution in [1.82, 2.24) is 4.90 Å². The molecule has 2 aromatic rings. The second-order valence-electron chi connectivity index (χ2n) is 6.11. The largest absolute Gasteiger partial charge is 0.452 e. The Morgan fingerprint density at radius 1 is 1.00 bits per heavy atom. The summed E-state index contributed by atoms with van der Waals surface area (Å²) >= 11 is 0. The molecule has 0 unspecified atom stereocenters. The molecule has 0 aliphatic rings. The first-order valence-corrected chi connectivity index (χ1v) is 8.19. The van der Waals surface area contributed by atoms with Crippen molar-refractivity contribution in [3.05, 3.63) is 65.2 Å². The van der Waals surface area contributed by atoms with Gasteiger partial charge >= 0.3 is 5.97 Å². The van der Waals surface area contributed by atoms with Gasteiger partial charge in [0.15, 0.2) is 6.61 Å². The molecule has 0 bridgehead atoms. The third kappa shape index (κ3) is 5.73. The Hall–Kier alpha value is -3.15. The Morgan fingerprint density at radius 3 is 2.35 bits per heavy atom. The number of amides is 2. The van der Waals surface area contributed by atoms with Crippen LogP contribution in [-0.2, 0) is 14.3 Å². The molecule has 0 heterocycles. The highest BCUT2D eigenvalue weighted by atomic mass is 16.5. The Labute approximate surface area is 152 Å². The van der Waals surface area contributed by atoms with E-state index in [2.05, 4.69) is 5.32 Å². The summed E-state index contributed by atoms with van der Waals surface area (Å²) in [7, 11) is 1.48. The average molecular weight is 354 g/mol. The van der Waals surface area contributed by atoms with Crippen LogP contribution in [0.1, 0.15) is 21.5 Å². The number of rotatable bonds is 6. The Bertz CT molecular complexity index is 800. The highest BCUT2D eigenvalue weighted by Crippen LogP contribution is 2.09. The Balaban J connectivity index is 1.80. The van der Waals surface area contributed by atoms with Crippen LogP contribution >= 0.6 is 0 Å². The summed E-state index contributed by atoms with van der Waals surface area (Å²) < 4.78 is 5.02. The summed E-state index contributed by atoms with van der Waals surface area (Å²) in [4.78, 5) is 37.2. The van der Waals surface area contributed by atoms with Gasteiger partial charge < -0.3 is 15.0 Å². The van der Waals surface area contributed by atoms with Gasteiger partial charge in [0.2, 0.25) is 5.91 Å². The van der Waals surface area contributed by atoms with Gasteiger partial charge in [-0.2, -0.15) is 0 Å². The lowest BCUT2D eigenvalue weighted by Crippen LogP contribution is -2.37. The lowest BCUT2D eigenvalue weighted by Gasteiger charge is -2.17. The van der Waals surface area contributed by atoms with Gasteiger partial charge in [0.1, 0.15) is 0 Å². The minimum atomic E-state index is -0.570. The van der Waals surface area contributed by atoms with Crippen LogP contribution in [-0.4, -0.2) is 42.9 Å². The molecule has 2 aromatic carbocycles. The number of aryl methyl sites for hydroxylation is 2. The topological polar surface area (TPSA) is 75.7 Å². The first kappa shape index (κ1) is 19.2. The number of ether oxygens (including phenoxy) is 1. The molecule has 2 amide bonds. The fourth-order valence-corrected chi connectivity index (χ4v) is 2.23. The minimum absolute atomic E-state index is 0.130. The van der Waals surface area contributed by atoms with E-state index in [9.17, 15) is 14.4 Å². The molecule has 0 radical (unpaired) electrons. The van der Waals surface area contributed by atoms with E-state index >= 15 is 0 Å². The zero-order valence-corrected chi connectivity index (χ0v) is 15.1. The first-order chi connectivity index (χ1) is 12.3. The average Bonchev–Trinajstić information content (AvgIpc) is 2.61. The number of hydrogen-bond acceptors (Lipinski definition) is 4. The van der Waals surface area contributed by atoms with Crippen LogP contribution in [0.3, 0.4) is 0 Å². The van der Waals surface area contributed by atoms with Crippen LogP contribution in [0, 0.1) is 13.8 Å². The van der Waals surface area contributed by atoms with Crippen molar-refractivity contribution in [2.75, 3.05) is 25.5 Å². The molecule has 0 spiro atoms. The summed E-state index contributed by atoms with van der Waals surface area (Å²) in [5, 5.41) is 2.71. The number of nitrogens with one attached hydrogen (secondary N) is 1. The lowest BCUT2D eigenvalue weighted by atomic mass is 10.1. The van der Waals surface area contributed by atoms with E-state index in [-0.39, 0.29) is 12.5 Å². The number of hydrogen-bond donors (Lipinski definition) is 1. The summed E-state index contributed by atoms with van der Waals surface area (Å²) in [6, 6.07) is 14.3. The van der Waals surface area contributed by atoms with Crippen molar-refractivity contribution < 1.29 is 19.1 Å². The molecule has 0 atom stereocenters. The van der Waals surface area contributed by atoms with Crippen molar-refractivity contribution in [2.24, 2.45) is 0 Å². The third-order valence-corrected chi connectivity index (χ3v) is 3.72. The second-order valence-corrected chi connectivity index (χ2v) is 6.11. The van der Waals surface area contributed by atoms with Gasteiger partial charge in [-0.15, -0.1) is 0 Å². The number of anilines is 1. The van der Waals surface area contributed by atoms with Gasteiger partial charge in [0.25, 0.3) is 5.91 Å². The fraction of sp³-hybridized carbons (Fsp3) is 0.250. The maximum Gasteiger partial charge on any atom is 0.338 e. The van der Waals surface area contributed by atoms with Gasteiger partial charge in [-0.05, 0) is 38.1 Å². The molecule has 0 aliphatic carbocycles. The number of benzene rings is 2. The Morgan fingerprint density at radius 2 is 1.69 bits per heavy atom. The quantitative estimate of drug-likeness (QED) is 0.809. The molecule has 2 rings (SSSR count). The SMILES string of the molecule is Cc1ccc(NC(=O)CN(C)C(=O)COC(=O)c2cccc(C)c2)cc1. The summed E-state index contributed by atoms with van der Waals surface area (Å²) in [6.45, 7) is 3.27. The van der Waals surface area contributed by atoms with Crippen molar-refractivity contribution in [3.8, 4) is 0 Å². The van der Waals surface area contributed by atoms with Gasteiger partial charge in [0, 0.05) is 12.7 Å². The zero-order valence-electron chi connectivity index (χ0n) is 15.1. The minimum Gasteiger partial charge on any atom is -0.452 e. The van der Waals surface area contributed by atoms with E-state index in [0.717, 1.165) is 11.1 Å². The summed E-state index contributed by atoms with van der Waals surface area (Å²) in [6.07, 6.45) is 0. The highest BCUT2D eigenvalue weighted by Gasteiger charge is 2.16. The third-order valence-electron chi connectivity index (χ3n) is 3.72. The van der Waals surface area contributed by atoms with Crippen LogP contribution in [0.4, 0.5) is 5.69 Å². The van der Waals surface area contributed by atoms with Crippen LogP contribution in [0.15, 0.2) is 48.5 Å². The summed E-state index contributed by atoms with van der Waals surface area (Å²) in [5.41, 5.74) is 3.06. The normalized spacial score (nSPS) is 10.1. The first-order valence-electron chi connectivity index (χ1n) is 8.19. The van der Waals surface area contributed by atoms with Gasteiger partial charge in [-0.3, -0.25) is 9.59 Å². The number of nitrogens with zero attached hydrogens (tertiary/aromatic N) is 1. The number of esters is 1. The number of likely N-dealkylation sites (N-methyl/N-ethyl adjacent to an activating group) is 1. The molecular formula is C20H22N2O4. The molecule has 0 aromatic heterocycles. The molecule has 6 nitrogen and oxygen atoms in total. The van der Waals surface area contributed by atoms with Crippen molar-refractivity contribution >= 4 is 23.5 Å². The molecule has 1 N–H and O–H groups in total. The van der Waals surface area contributed by atoms with Crippen molar-refractivity contribution in [1.29, 1.82) is 0 Å². The van der Waals surface area contributed by atoms with Gasteiger partial charge in [0.05, 0.1) is 12.1 Å². The van der Waals surface area contributed by atoms with E-state index in [1.54, 1.807) is 30.3 Å². The zero-order chi connectivity index (χ0) is 19.1. The fourth-order valence-electron chi connectivity index (χ4n) is 2.23. The molecular weight excluding hydrogens is 332 g/mol. The standard InChI is InChI=1S/C20H22N2O4/c1-14-7-9-17(10-8-14)21-18(23)12-22(3)19(24)13-26-20(25)16-6-4-5-15(2)11-16/h4-11H,12-13H2,1-3H3,(H,21,23). The van der Waals surface area contributed by atoms with Crippen molar-refractivity contribution in [2.45, 2.75) is 13.8 Å². The van der Waals surface area contributed by atoms with Crippen LogP contribution < -0.4 is 5.32 Å². The predicted octanol–water partition coefficient (Wildman–Crippen LogP) is 2.56. The van der Waals surface area contributed by atoms with Crippen LogP contribution in [0.25, 0.3) is 0 Å². The van der Waals surface area contributed by atoms with Gasteiger partial charge in [-0.25, -0.2) is 4.79 Å². The van der Waals surface area contributed by atoms with Crippen molar-refractivity contribution in [3.63, 3.8) is 0 Å². The monoisotopic (exact) mass is 354 g/mol. The van der Waals surface area contributed by atoms with E-state index in [1.807, 2.05) is 32.0 Å². The van der Waals surface area contributed by atoms with E-state index < -0.39 is 18.5 Å². The van der Waals surface area contributed by atoms with Crippen LogP contribution in [0.2, 0.25) is 0 Å². The number of carbonyl (C=O) groups is 3. The molecule has 0 aliphatic heterocycles. The molecule has 0 saturated carbocycles.